The fourth-order valence-corrected chi connectivity index (χ4v) is 3.57. The van der Waals surface area contributed by atoms with E-state index in [1.165, 1.54) is 24.3 Å². The van der Waals surface area contributed by atoms with Crippen LogP contribution in [0.15, 0.2) is 42.5 Å². The van der Waals surface area contributed by atoms with Gasteiger partial charge in [-0.3, -0.25) is 10.6 Å². The first-order valence-corrected chi connectivity index (χ1v) is 9.27. The maximum atomic E-state index is 13.6. The Morgan fingerprint density at radius 2 is 1.90 bits per heavy atom. The topological polar surface area (TPSA) is 81.7 Å². The molecule has 4 rings (SSSR count). The molecule has 152 valence electrons. The van der Waals surface area contributed by atoms with Crippen molar-refractivity contribution in [3.63, 3.8) is 0 Å². The molecule has 1 aromatic heterocycles. The predicted octanol–water partition coefficient (Wildman–Crippen LogP) is 4.50. The number of hydrogen-bond acceptors (Lipinski definition) is 6. The van der Waals surface area contributed by atoms with Crippen LogP contribution in [0, 0.1) is 0 Å². The van der Waals surface area contributed by atoms with Crippen LogP contribution in [0.2, 0.25) is 0 Å². The Balaban J connectivity index is 1.53. The molecule has 0 spiro atoms. The van der Waals surface area contributed by atoms with E-state index in [1.54, 1.807) is 23.5 Å². The first kappa shape index (κ1) is 19.1. The molecular weight excluding hydrogens is 411 g/mol. The first-order valence-electron chi connectivity index (χ1n) is 8.46. The largest absolute Gasteiger partial charge is 0.494 e. The zero-order valence-corrected chi connectivity index (χ0v) is 15.7. The van der Waals surface area contributed by atoms with Gasteiger partial charge in [-0.15, -0.1) is 0 Å². The molecule has 1 aliphatic heterocycles. The van der Waals surface area contributed by atoms with Crippen LogP contribution in [0.1, 0.15) is 6.92 Å². The smallest absolute Gasteiger partial charge is 0.492 e. The van der Waals surface area contributed by atoms with Crippen molar-refractivity contribution in [3.8, 4) is 17.2 Å². The lowest BCUT2D eigenvalue weighted by Gasteiger charge is -2.29. The second kappa shape index (κ2) is 6.99. The number of fused-ring (bicyclic) bond motifs is 2. The van der Waals surface area contributed by atoms with Gasteiger partial charge in [0, 0.05) is 0 Å². The number of amides is 2. The summed E-state index contributed by atoms with van der Waals surface area (Å²) in [5, 5.41) is 4.13. The number of ether oxygens (including phenoxy) is 3. The van der Waals surface area contributed by atoms with Crippen LogP contribution >= 0.6 is 11.3 Å². The molecule has 0 saturated heterocycles. The van der Waals surface area contributed by atoms with Crippen molar-refractivity contribution < 1.29 is 32.2 Å². The zero-order chi connectivity index (χ0) is 20.6. The summed E-state index contributed by atoms with van der Waals surface area (Å²) in [6, 6.07) is 9.56. The first-order chi connectivity index (χ1) is 13.8. The van der Waals surface area contributed by atoms with Gasteiger partial charge in [0.25, 0.3) is 0 Å². The number of alkyl halides is 3. The molecular formula is C18H14F3N3O4S. The standard InChI is InChI=1S/C18H14F3N3O4S/c1-2-26-10-7-8-11-14(9-10)29-16(22-11)23-15(25)24-18(17(19,20)21)27-12-5-3-4-6-13(12)28-18/h3-9H,2H2,1H3,(H2,22,23,24,25). The van der Waals surface area contributed by atoms with Crippen molar-refractivity contribution in [2.24, 2.45) is 0 Å². The number of nitrogens with zero attached hydrogens (tertiary/aromatic N) is 1. The van der Waals surface area contributed by atoms with Crippen molar-refractivity contribution in [3.05, 3.63) is 42.5 Å². The summed E-state index contributed by atoms with van der Waals surface area (Å²) in [5.74, 6) is -2.97. The van der Waals surface area contributed by atoms with Crippen LogP contribution in [-0.4, -0.2) is 29.7 Å². The number of aromatic nitrogens is 1. The molecule has 0 atom stereocenters. The summed E-state index contributed by atoms with van der Waals surface area (Å²) in [7, 11) is 0. The summed E-state index contributed by atoms with van der Waals surface area (Å²) in [6.45, 7) is 2.33. The Kier molecular flexibility index (Phi) is 4.61. The number of urea groups is 1. The molecule has 29 heavy (non-hydrogen) atoms. The lowest BCUT2D eigenvalue weighted by atomic mass is 10.3. The summed E-state index contributed by atoms with van der Waals surface area (Å²) < 4.78 is 56.9. The molecule has 0 fully saturated rings. The van der Waals surface area contributed by atoms with Crippen molar-refractivity contribution in [2.75, 3.05) is 11.9 Å². The molecule has 7 nitrogen and oxygen atoms in total. The van der Waals surface area contributed by atoms with Crippen LogP contribution in [0.25, 0.3) is 10.2 Å². The van der Waals surface area contributed by atoms with E-state index >= 15 is 0 Å². The van der Waals surface area contributed by atoms with E-state index in [1.807, 2.05) is 6.92 Å². The normalized spacial score (nSPS) is 14.6. The van der Waals surface area contributed by atoms with Crippen molar-refractivity contribution in [2.45, 2.75) is 19.0 Å². The monoisotopic (exact) mass is 425 g/mol. The third-order valence-corrected chi connectivity index (χ3v) is 4.83. The van der Waals surface area contributed by atoms with E-state index in [0.717, 1.165) is 11.3 Å². The minimum atomic E-state index is -5.04. The average Bonchev–Trinajstić information content (AvgIpc) is 3.21. The van der Waals surface area contributed by atoms with Gasteiger partial charge in [0.2, 0.25) is 0 Å². The summed E-state index contributed by atoms with van der Waals surface area (Å²) >= 11 is 1.09. The van der Waals surface area contributed by atoms with Crippen LogP contribution in [-0.2, 0) is 0 Å². The lowest BCUT2D eigenvalue weighted by Crippen LogP contribution is -2.65. The summed E-state index contributed by atoms with van der Waals surface area (Å²) in [5.41, 5.74) is 0.569. The average molecular weight is 425 g/mol. The van der Waals surface area contributed by atoms with Crippen LogP contribution in [0.4, 0.5) is 23.1 Å². The van der Waals surface area contributed by atoms with Gasteiger partial charge in [-0.2, -0.15) is 13.2 Å². The van der Waals surface area contributed by atoms with E-state index in [4.69, 9.17) is 14.2 Å². The van der Waals surface area contributed by atoms with Gasteiger partial charge in [-0.1, -0.05) is 23.5 Å². The second-order valence-electron chi connectivity index (χ2n) is 5.93. The maximum Gasteiger partial charge on any atom is 0.492 e. The number of anilines is 1. The number of nitrogens with one attached hydrogen (secondary N) is 2. The van der Waals surface area contributed by atoms with E-state index in [2.05, 4.69) is 10.3 Å². The number of thiazole rings is 1. The highest BCUT2D eigenvalue weighted by atomic mass is 32.1. The van der Waals surface area contributed by atoms with E-state index in [0.29, 0.717) is 22.6 Å². The van der Waals surface area contributed by atoms with E-state index in [-0.39, 0.29) is 16.6 Å². The maximum absolute atomic E-state index is 13.6. The minimum absolute atomic E-state index is 0.110. The molecule has 0 bridgehead atoms. The quantitative estimate of drug-likeness (QED) is 0.643. The van der Waals surface area contributed by atoms with E-state index in [9.17, 15) is 18.0 Å². The molecule has 0 unspecified atom stereocenters. The van der Waals surface area contributed by atoms with Crippen molar-refractivity contribution >= 4 is 32.7 Å². The number of hydrogen-bond donors (Lipinski definition) is 2. The number of para-hydroxylation sites is 2. The molecule has 2 amide bonds. The van der Waals surface area contributed by atoms with Crippen molar-refractivity contribution in [1.29, 1.82) is 0 Å². The van der Waals surface area contributed by atoms with Gasteiger partial charge in [0.05, 0.1) is 16.8 Å². The van der Waals surface area contributed by atoms with Gasteiger partial charge in [0.15, 0.2) is 16.6 Å². The number of halogens is 3. The highest BCUT2D eigenvalue weighted by molar-refractivity contribution is 7.22. The fraction of sp³-hybridized carbons (Fsp3) is 0.222. The summed E-state index contributed by atoms with van der Waals surface area (Å²) in [6.07, 6.45) is -5.04. The Labute approximate surface area is 166 Å². The predicted molar refractivity (Wildman–Crippen MR) is 99.4 cm³/mol. The number of rotatable bonds is 4. The second-order valence-corrected chi connectivity index (χ2v) is 6.96. The molecule has 2 aromatic carbocycles. The molecule has 11 heteroatoms. The molecule has 1 aliphatic rings. The van der Waals surface area contributed by atoms with Gasteiger partial charge >= 0.3 is 18.1 Å². The number of carbonyl (C=O) groups is 1. The Bertz CT molecular complexity index is 1040. The Morgan fingerprint density at radius 3 is 2.52 bits per heavy atom. The third kappa shape index (κ3) is 3.60. The molecule has 0 radical (unpaired) electrons. The molecule has 0 aliphatic carbocycles. The van der Waals surface area contributed by atoms with Gasteiger partial charge in [-0.25, -0.2) is 9.78 Å². The molecule has 0 saturated carbocycles. The van der Waals surface area contributed by atoms with Crippen LogP contribution in [0.3, 0.4) is 0 Å². The van der Waals surface area contributed by atoms with Crippen molar-refractivity contribution in [1.82, 2.24) is 10.3 Å². The Hall–Kier alpha value is -3.21. The highest BCUT2D eigenvalue weighted by Gasteiger charge is 2.65. The van der Waals surface area contributed by atoms with Gasteiger partial charge in [-0.05, 0) is 37.3 Å². The minimum Gasteiger partial charge on any atom is -0.494 e. The number of carbonyl (C=O) groups excluding carboxylic acids is 1. The SMILES string of the molecule is CCOc1ccc2nc(NC(=O)NC3(C(F)(F)F)Oc4ccccc4O3)sc2c1. The fourth-order valence-electron chi connectivity index (χ4n) is 2.68. The number of benzene rings is 2. The van der Waals surface area contributed by atoms with Gasteiger partial charge < -0.3 is 14.2 Å². The van der Waals surface area contributed by atoms with Crippen LogP contribution in [0.5, 0.6) is 17.2 Å². The third-order valence-electron chi connectivity index (χ3n) is 3.90. The molecule has 2 heterocycles. The van der Waals surface area contributed by atoms with E-state index < -0.39 is 18.1 Å². The van der Waals surface area contributed by atoms with Crippen LogP contribution < -0.4 is 24.8 Å². The molecule has 2 N–H and O–H groups in total. The highest BCUT2D eigenvalue weighted by Crippen LogP contribution is 2.45. The summed E-state index contributed by atoms with van der Waals surface area (Å²) in [4.78, 5) is 16.5. The van der Waals surface area contributed by atoms with Gasteiger partial charge in [0.1, 0.15) is 5.75 Å². The molecule has 3 aromatic rings. The Morgan fingerprint density at radius 1 is 1.21 bits per heavy atom. The zero-order valence-electron chi connectivity index (χ0n) is 14.9. The lowest BCUT2D eigenvalue weighted by molar-refractivity contribution is -0.317.